The van der Waals surface area contributed by atoms with E-state index in [9.17, 15) is 9.18 Å². The van der Waals surface area contributed by atoms with Crippen LogP contribution in [0.4, 0.5) is 4.39 Å². The summed E-state index contributed by atoms with van der Waals surface area (Å²) < 4.78 is 30.0. The van der Waals surface area contributed by atoms with Crippen molar-refractivity contribution in [3.63, 3.8) is 0 Å². The number of fused-ring (bicyclic) bond motifs is 1. The second kappa shape index (κ2) is 8.44. The number of rotatable bonds is 5. The fourth-order valence-electron chi connectivity index (χ4n) is 4.05. The Morgan fingerprint density at radius 1 is 1.15 bits per heavy atom. The highest BCUT2D eigenvalue weighted by molar-refractivity contribution is 5.77. The fraction of sp³-hybridized carbons (Fsp3) is 0.650. The van der Waals surface area contributed by atoms with Crippen molar-refractivity contribution >= 4 is 5.91 Å². The van der Waals surface area contributed by atoms with Gasteiger partial charge in [-0.15, -0.1) is 0 Å². The zero-order valence-electron chi connectivity index (χ0n) is 15.6. The minimum Gasteiger partial charge on any atom is -0.486 e. The van der Waals surface area contributed by atoms with E-state index in [2.05, 4.69) is 4.90 Å². The first-order chi connectivity index (χ1) is 13.2. The average molecular weight is 378 g/mol. The van der Waals surface area contributed by atoms with Gasteiger partial charge in [0.1, 0.15) is 25.1 Å². The van der Waals surface area contributed by atoms with E-state index in [1.54, 1.807) is 6.07 Å². The quantitative estimate of drug-likeness (QED) is 0.784. The summed E-state index contributed by atoms with van der Waals surface area (Å²) in [5.41, 5.74) is 0. The maximum absolute atomic E-state index is 13.2. The minimum atomic E-state index is -0.309. The number of likely N-dealkylation sites (tertiary alicyclic amines) is 1. The molecule has 3 heterocycles. The number of nitrogens with zero attached hydrogens (tertiary/aromatic N) is 2. The molecule has 4 rings (SSSR count). The van der Waals surface area contributed by atoms with Gasteiger partial charge in [0.15, 0.2) is 11.5 Å². The molecule has 0 bridgehead atoms. The van der Waals surface area contributed by atoms with E-state index in [0.717, 1.165) is 52.0 Å². The van der Waals surface area contributed by atoms with E-state index >= 15 is 0 Å². The number of morpholine rings is 1. The van der Waals surface area contributed by atoms with Crippen molar-refractivity contribution < 1.29 is 23.4 Å². The maximum atomic E-state index is 13.2. The second-order valence-corrected chi connectivity index (χ2v) is 7.61. The normalized spacial score (nSPS) is 24.3. The van der Waals surface area contributed by atoms with Gasteiger partial charge in [-0.05, 0) is 50.4 Å². The Labute approximate surface area is 159 Å². The Kier molecular flexibility index (Phi) is 5.78. The molecule has 0 radical (unpaired) electrons. The number of ether oxygens (including phenoxy) is 3. The lowest BCUT2D eigenvalue weighted by molar-refractivity contribution is -0.142. The fourth-order valence-corrected chi connectivity index (χ4v) is 4.05. The molecule has 0 saturated carbocycles. The molecule has 148 valence electrons. The molecule has 0 aromatic heterocycles. The average Bonchev–Trinajstić information content (AvgIpc) is 2.69. The smallest absolute Gasteiger partial charge is 0.248 e. The van der Waals surface area contributed by atoms with Crippen LogP contribution in [-0.2, 0) is 9.53 Å². The lowest BCUT2D eigenvalue weighted by atomic mass is 9.93. The van der Waals surface area contributed by atoms with Crippen LogP contribution in [0.2, 0.25) is 0 Å². The van der Waals surface area contributed by atoms with Crippen LogP contribution in [0.5, 0.6) is 11.5 Å². The summed E-state index contributed by atoms with van der Waals surface area (Å²) in [7, 11) is 0. The van der Waals surface area contributed by atoms with Crippen LogP contribution in [0, 0.1) is 11.7 Å². The summed E-state index contributed by atoms with van der Waals surface area (Å²) in [6, 6.07) is 4.40. The minimum absolute atomic E-state index is 0.0227. The van der Waals surface area contributed by atoms with E-state index in [4.69, 9.17) is 14.2 Å². The lowest BCUT2D eigenvalue weighted by Gasteiger charge is -2.36. The van der Waals surface area contributed by atoms with Crippen LogP contribution < -0.4 is 9.47 Å². The predicted molar refractivity (Wildman–Crippen MR) is 97.5 cm³/mol. The van der Waals surface area contributed by atoms with Crippen LogP contribution in [0.25, 0.3) is 0 Å². The molecule has 2 fully saturated rings. The molecule has 0 aliphatic carbocycles. The predicted octanol–water partition coefficient (Wildman–Crippen LogP) is 1.93. The summed E-state index contributed by atoms with van der Waals surface area (Å²) >= 11 is 0. The van der Waals surface area contributed by atoms with E-state index in [0.29, 0.717) is 30.6 Å². The Morgan fingerprint density at radius 2 is 2.00 bits per heavy atom. The molecule has 0 spiro atoms. The summed E-state index contributed by atoms with van der Waals surface area (Å²) in [5, 5.41) is 0. The number of amides is 1. The molecule has 7 heteroatoms. The van der Waals surface area contributed by atoms with Crippen molar-refractivity contribution in [2.45, 2.75) is 25.4 Å². The van der Waals surface area contributed by atoms with Gasteiger partial charge in [0.2, 0.25) is 5.91 Å². The number of hydrogen-bond acceptors (Lipinski definition) is 5. The number of carbonyl (C=O) groups excluding carboxylic acids is 1. The highest BCUT2D eigenvalue weighted by Gasteiger charge is 2.27. The summed E-state index contributed by atoms with van der Waals surface area (Å²) in [6.07, 6.45) is 3.34. The van der Waals surface area contributed by atoms with E-state index in [1.807, 2.05) is 4.90 Å². The van der Waals surface area contributed by atoms with Gasteiger partial charge in [0.25, 0.3) is 0 Å². The second-order valence-electron chi connectivity index (χ2n) is 7.61. The molecule has 1 aromatic rings. The summed E-state index contributed by atoms with van der Waals surface area (Å²) in [6.45, 7) is 5.82. The third kappa shape index (κ3) is 4.71. The SMILES string of the molecule is O=C1COCCN1CCC1CCN(C[C@H]2COc3cc(F)ccc3O2)CC1. The molecule has 1 amide bonds. The Morgan fingerprint density at radius 3 is 2.81 bits per heavy atom. The molecule has 3 aliphatic rings. The summed E-state index contributed by atoms with van der Waals surface area (Å²) in [5.74, 6) is 1.59. The van der Waals surface area contributed by atoms with Crippen LogP contribution >= 0.6 is 0 Å². The molecule has 27 heavy (non-hydrogen) atoms. The Balaban J connectivity index is 1.19. The first kappa shape index (κ1) is 18.5. The molecular weight excluding hydrogens is 351 g/mol. The number of halogens is 1. The van der Waals surface area contributed by atoms with Crippen LogP contribution in [0.3, 0.4) is 0 Å². The van der Waals surface area contributed by atoms with Crippen LogP contribution in [-0.4, -0.2) is 74.4 Å². The number of benzene rings is 1. The highest BCUT2D eigenvalue weighted by atomic mass is 19.1. The van der Waals surface area contributed by atoms with Gasteiger partial charge >= 0.3 is 0 Å². The third-order valence-corrected chi connectivity index (χ3v) is 5.68. The zero-order chi connectivity index (χ0) is 18.6. The van der Waals surface area contributed by atoms with Gasteiger partial charge < -0.3 is 19.1 Å². The maximum Gasteiger partial charge on any atom is 0.248 e. The van der Waals surface area contributed by atoms with Crippen molar-refractivity contribution in [3.8, 4) is 11.5 Å². The first-order valence-electron chi connectivity index (χ1n) is 9.84. The standard InChI is InChI=1S/C20H27FN2O4/c21-16-1-2-18-19(11-16)26-13-17(27-18)12-22-6-3-15(4-7-22)5-8-23-9-10-25-14-20(23)24/h1-2,11,15,17H,3-10,12-14H2/t17-/m0/s1. The largest absolute Gasteiger partial charge is 0.486 e. The number of piperidine rings is 1. The van der Waals surface area contributed by atoms with E-state index in [-0.39, 0.29) is 24.4 Å². The van der Waals surface area contributed by atoms with Gasteiger partial charge in [-0.2, -0.15) is 0 Å². The van der Waals surface area contributed by atoms with Crippen LogP contribution in [0.1, 0.15) is 19.3 Å². The topological polar surface area (TPSA) is 51.2 Å². The first-order valence-corrected chi connectivity index (χ1v) is 9.84. The summed E-state index contributed by atoms with van der Waals surface area (Å²) in [4.78, 5) is 16.1. The highest BCUT2D eigenvalue weighted by Crippen LogP contribution is 2.32. The third-order valence-electron chi connectivity index (χ3n) is 5.68. The molecule has 2 saturated heterocycles. The van der Waals surface area contributed by atoms with Crippen molar-refractivity contribution in [3.05, 3.63) is 24.0 Å². The number of carbonyl (C=O) groups is 1. The van der Waals surface area contributed by atoms with Gasteiger partial charge in [-0.3, -0.25) is 9.69 Å². The molecule has 3 aliphatic heterocycles. The molecular formula is C20H27FN2O4. The van der Waals surface area contributed by atoms with Gasteiger partial charge in [-0.1, -0.05) is 0 Å². The van der Waals surface area contributed by atoms with Crippen molar-refractivity contribution in [2.75, 3.05) is 52.5 Å². The Bertz CT molecular complexity index is 663. The van der Waals surface area contributed by atoms with Crippen LogP contribution in [0.15, 0.2) is 18.2 Å². The van der Waals surface area contributed by atoms with E-state index in [1.165, 1.54) is 12.1 Å². The lowest BCUT2D eigenvalue weighted by Crippen LogP contribution is -2.45. The monoisotopic (exact) mass is 378 g/mol. The zero-order valence-corrected chi connectivity index (χ0v) is 15.6. The molecule has 0 unspecified atom stereocenters. The Hall–Kier alpha value is -1.86. The van der Waals surface area contributed by atoms with E-state index < -0.39 is 0 Å². The molecule has 6 nitrogen and oxygen atoms in total. The number of hydrogen-bond donors (Lipinski definition) is 0. The van der Waals surface area contributed by atoms with Crippen molar-refractivity contribution in [1.29, 1.82) is 0 Å². The van der Waals surface area contributed by atoms with Gasteiger partial charge in [0.05, 0.1) is 6.61 Å². The molecule has 1 atom stereocenters. The molecule has 0 N–H and O–H groups in total. The van der Waals surface area contributed by atoms with Crippen molar-refractivity contribution in [1.82, 2.24) is 9.80 Å². The van der Waals surface area contributed by atoms with Gasteiger partial charge in [-0.25, -0.2) is 4.39 Å². The molecule has 1 aromatic carbocycles. The van der Waals surface area contributed by atoms with Crippen molar-refractivity contribution in [2.24, 2.45) is 5.92 Å². The van der Waals surface area contributed by atoms with Gasteiger partial charge in [0, 0.05) is 25.7 Å².